The van der Waals surface area contributed by atoms with Crippen molar-refractivity contribution in [3.8, 4) is 21.1 Å². The summed E-state index contributed by atoms with van der Waals surface area (Å²) in [6, 6.07) is 2.53. The van der Waals surface area contributed by atoms with Gasteiger partial charge in [-0.2, -0.15) is 26.3 Å². The minimum Gasteiger partial charge on any atom is -0.333 e. The number of nitrogens with zero attached hydrogens (tertiary/aromatic N) is 4. The number of imidazole rings is 2. The lowest BCUT2D eigenvalue weighted by molar-refractivity contribution is -0.254. The van der Waals surface area contributed by atoms with Crippen molar-refractivity contribution in [2.75, 3.05) is 0 Å². The van der Waals surface area contributed by atoms with E-state index >= 15 is 17.6 Å². The van der Waals surface area contributed by atoms with E-state index < -0.39 is 28.9 Å². The average molecular weight is 529 g/mol. The second-order valence-electron chi connectivity index (χ2n) is 8.41. The van der Waals surface area contributed by atoms with Crippen molar-refractivity contribution in [2.45, 2.75) is 31.6 Å². The van der Waals surface area contributed by atoms with Crippen molar-refractivity contribution in [2.24, 2.45) is 14.1 Å². The first-order chi connectivity index (χ1) is 16.3. The van der Waals surface area contributed by atoms with Crippen LogP contribution in [0.3, 0.4) is 0 Å². The lowest BCUT2D eigenvalue weighted by Crippen LogP contribution is -2.48. The molecule has 0 saturated heterocycles. The van der Waals surface area contributed by atoms with Crippen LogP contribution in [0.4, 0.5) is 26.3 Å². The van der Waals surface area contributed by atoms with Gasteiger partial charge in [0.1, 0.15) is 0 Å². The lowest BCUT2D eigenvalue weighted by atomic mass is 9.95. The third kappa shape index (κ3) is 3.18. The van der Waals surface area contributed by atoms with Crippen molar-refractivity contribution >= 4 is 33.8 Å². The molecule has 0 atom stereocenters. The molecule has 0 aromatic carbocycles. The Morgan fingerprint density at radius 1 is 0.686 bits per heavy atom. The number of hydrogen-bond donors (Lipinski definition) is 0. The quantitative estimate of drug-likeness (QED) is 0.266. The van der Waals surface area contributed by atoms with E-state index in [0.29, 0.717) is 21.1 Å². The molecule has 0 amide bonds. The molecule has 0 unspecified atom stereocenters. The van der Waals surface area contributed by atoms with Crippen LogP contribution in [0.1, 0.15) is 20.9 Å². The highest BCUT2D eigenvalue weighted by atomic mass is 32.1. The Labute approximate surface area is 204 Å². The van der Waals surface area contributed by atoms with Crippen molar-refractivity contribution in [1.82, 2.24) is 19.1 Å². The number of allylic oxidation sites excluding steroid dienone is 2. The Morgan fingerprint density at radius 3 is 1.37 bits per heavy atom. The standard InChI is InChI=1S/C23H18F6N4S2/c1-11-13(5-17(34-11)15-7-30-9-32(15)3)19-20(22(26,27)23(28,29)21(19,24)25)14-6-18(35-12(14)2)16-8-31-10-33(16)4/h5-10H,1-4H3. The molecule has 0 saturated carbocycles. The van der Waals surface area contributed by atoms with Gasteiger partial charge in [-0.1, -0.05) is 0 Å². The van der Waals surface area contributed by atoms with E-state index in [2.05, 4.69) is 9.97 Å². The Morgan fingerprint density at radius 2 is 1.06 bits per heavy atom. The smallest absolute Gasteiger partial charge is 0.333 e. The summed E-state index contributed by atoms with van der Waals surface area (Å²) in [6.07, 6.45) is 5.97. The number of rotatable bonds is 4. The summed E-state index contributed by atoms with van der Waals surface area (Å²) in [5.74, 6) is -15.8. The number of alkyl halides is 6. The summed E-state index contributed by atoms with van der Waals surface area (Å²) >= 11 is 2.11. The maximum Gasteiger partial charge on any atom is 0.380 e. The van der Waals surface area contributed by atoms with Crippen LogP contribution in [-0.2, 0) is 14.1 Å². The third-order valence-corrected chi connectivity index (χ3v) is 8.33. The maximum absolute atomic E-state index is 15.3. The van der Waals surface area contributed by atoms with E-state index in [0.717, 1.165) is 22.7 Å². The normalized spacial score (nSPS) is 18.6. The Balaban J connectivity index is 1.80. The zero-order valence-corrected chi connectivity index (χ0v) is 20.5. The minimum atomic E-state index is -5.60. The predicted octanol–water partition coefficient (Wildman–Crippen LogP) is 7.06. The molecule has 35 heavy (non-hydrogen) atoms. The van der Waals surface area contributed by atoms with E-state index in [-0.39, 0.29) is 20.9 Å². The summed E-state index contributed by atoms with van der Waals surface area (Å²) in [5.41, 5.74) is -2.22. The van der Waals surface area contributed by atoms with Crippen LogP contribution in [0.15, 0.2) is 37.2 Å². The molecular formula is C23H18F6N4S2. The molecule has 4 nitrogen and oxygen atoms in total. The molecule has 0 aliphatic heterocycles. The highest BCUT2D eigenvalue weighted by Gasteiger charge is 2.80. The zero-order chi connectivity index (χ0) is 25.5. The van der Waals surface area contributed by atoms with E-state index in [1.54, 1.807) is 23.2 Å². The Kier molecular flexibility index (Phi) is 5.16. The molecular weight excluding hydrogens is 510 g/mol. The molecule has 0 bridgehead atoms. The lowest BCUT2D eigenvalue weighted by Gasteiger charge is -2.25. The molecule has 0 spiro atoms. The van der Waals surface area contributed by atoms with Gasteiger partial charge in [0.25, 0.3) is 0 Å². The molecule has 1 aliphatic rings. The van der Waals surface area contributed by atoms with Crippen LogP contribution in [0, 0.1) is 13.8 Å². The average Bonchev–Trinajstić information content (AvgIpc) is 3.55. The molecule has 4 aromatic heterocycles. The van der Waals surface area contributed by atoms with Gasteiger partial charge in [0.05, 0.1) is 46.2 Å². The fraction of sp³-hybridized carbons (Fsp3) is 0.304. The van der Waals surface area contributed by atoms with Crippen LogP contribution >= 0.6 is 22.7 Å². The number of aryl methyl sites for hydroxylation is 4. The summed E-state index contributed by atoms with van der Waals surface area (Å²) in [4.78, 5) is 9.32. The van der Waals surface area contributed by atoms with Gasteiger partial charge in [0.15, 0.2) is 0 Å². The van der Waals surface area contributed by atoms with Gasteiger partial charge < -0.3 is 9.13 Å². The van der Waals surface area contributed by atoms with Crippen molar-refractivity contribution in [3.05, 3.63) is 58.1 Å². The number of aromatic nitrogens is 4. The van der Waals surface area contributed by atoms with Crippen LogP contribution in [0.5, 0.6) is 0 Å². The molecule has 4 heterocycles. The molecule has 0 radical (unpaired) electrons. The van der Waals surface area contributed by atoms with E-state index in [4.69, 9.17) is 0 Å². The second kappa shape index (κ2) is 7.57. The van der Waals surface area contributed by atoms with Gasteiger partial charge in [-0.05, 0) is 37.1 Å². The second-order valence-corrected chi connectivity index (χ2v) is 10.9. The number of hydrogen-bond acceptors (Lipinski definition) is 4. The van der Waals surface area contributed by atoms with Crippen molar-refractivity contribution in [3.63, 3.8) is 0 Å². The highest BCUT2D eigenvalue weighted by Crippen LogP contribution is 2.66. The van der Waals surface area contributed by atoms with Crippen LogP contribution in [0.25, 0.3) is 32.3 Å². The van der Waals surface area contributed by atoms with Crippen LogP contribution in [-0.4, -0.2) is 36.9 Å². The van der Waals surface area contributed by atoms with Gasteiger partial charge >= 0.3 is 17.8 Å². The highest BCUT2D eigenvalue weighted by molar-refractivity contribution is 7.16. The van der Waals surface area contributed by atoms with Crippen molar-refractivity contribution < 1.29 is 26.3 Å². The maximum atomic E-state index is 15.3. The minimum absolute atomic E-state index is 0.224. The molecule has 12 heteroatoms. The largest absolute Gasteiger partial charge is 0.380 e. The SMILES string of the molecule is Cc1sc(-c2cncn2C)cc1C1=C(c2cc(-c3cncn3C)sc2C)C(F)(F)C(F)(F)C1(F)F. The molecule has 1 aliphatic carbocycles. The Bertz CT molecular complexity index is 1380. The van der Waals surface area contributed by atoms with Gasteiger partial charge in [-0.15, -0.1) is 22.7 Å². The monoisotopic (exact) mass is 528 g/mol. The molecule has 0 N–H and O–H groups in total. The zero-order valence-electron chi connectivity index (χ0n) is 18.8. The fourth-order valence-corrected chi connectivity index (χ4v) is 6.49. The molecule has 184 valence electrons. The van der Waals surface area contributed by atoms with Crippen LogP contribution in [0.2, 0.25) is 0 Å². The van der Waals surface area contributed by atoms with Gasteiger partial charge in [0, 0.05) is 35.0 Å². The molecule has 5 rings (SSSR count). The van der Waals surface area contributed by atoms with E-state index in [9.17, 15) is 8.78 Å². The summed E-state index contributed by atoms with van der Waals surface area (Å²) in [5, 5.41) is 0. The first-order valence-corrected chi connectivity index (χ1v) is 12.0. The van der Waals surface area contributed by atoms with Gasteiger partial charge in [-0.3, -0.25) is 0 Å². The number of thiophene rings is 2. The summed E-state index contributed by atoms with van der Waals surface area (Å²) in [7, 11) is 3.37. The molecule has 4 aromatic rings. The van der Waals surface area contributed by atoms with E-state index in [1.807, 2.05) is 0 Å². The van der Waals surface area contributed by atoms with Gasteiger partial charge in [0.2, 0.25) is 0 Å². The summed E-state index contributed by atoms with van der Waals surface area (Å²) < 4.78 is 93.9. The van der Waals surface area contributed by atoms with Crippen molar-refractivity contribution in [1.29, 1.82) is 0 Å². The Hall–Kier alpha value is -2.86. The first kappa shape index (κ1) is 23.9. The third-order valence-electron chi connectivity index (χ3n) is 6.18. The molecule has 0 fully saturated rings. The van der Waals surface area contributed by atoms with Crippen LogP contribution < -0.4 is 0 Å². The first-order valence-electron chi connectivity index (χ1n) is 10.3. The van der Waals surface area contributed by atoms with Gasteiger partial charge in [-0.25, -0.2) is 9.97 Å². The predicted molar refractivity (Wildman–Crippen MR) is 124 cm³/mol. The van der Waals surface area contributed by atoms with E-state index in [1.165, 1.54) is 51.0 Å². The fourth-order valence-electron chi connectivity index (χ4n) is 4.34. The topological polar surface area (TPSA) is 35.6 Å². The summed E-state index contributed by atoms with van der Waals surface area (Å²) in [6.45, 7) is 2.91. The number of halogens is 6.